The standard InChI is InChI=1S/C29H41N3O6/c1-6-16-37-29(36)23(19(5)7-2)31-26(33)21(17-18(3)4)30-27(34)22-14-11-15-32(22)28(35)25-24(38-25)20-12-9-8-10-13-20/h6,8-10,12-13,18-19,21-25H,1,7,11,14-17H2,2-5H3,(H,30,34)(H,31,33)/t19-,21-,22-,23-,24-,25+/m0/s1. The number of ether oxygens (including phenoxy) is 2. The summed E-state index contributed by atoms with van der Waals surface area (Å²) >= 11 is 0. The molecular formula is C29H41N3O6. The number of benzene rings is 1. The topological polar surface area (TPSA) is 117 Å². The minimum absolute atomic E-state index is 0.0508. The number of esters is 1. The van der Waals surface area contributed by atoms with Crippen molar-refractivity contribution >= 4 is 23.7 Å². The molecule has 0 radical (unpaired) electrons. The fourth-order valence-corrected chi connectivity index (χ4v) is 4.79. The number of hydrogen-bond donors (Lipinski definition) is 2. The van der Waals surface area contributed by atoms with Crippen LogP contribution in [-0.4, -0.2) is 66.0 Å². The van der Waals surface area contributed by atoms with E-state index in [9.17, 15) is 19.2 Å². The van der Waals surface area contributed by atoms with Crippen LogP contribution >= 0.6 is 0 Å². The van der Waals surface area contributed by atoms with Crippen molar-refractivity contribution in [2.75, 3.05) is 13.2 Å². The molecule has 6 atom stereocenters. The predicted octanol–water partition coefficient (Wildman–Crippen LogP) is 2.91. The number of hydrogen-bond acceptors (Lipinski definition) is 6. The van der Waals surface area contributed by atoms with Crippen LogP contribution in [0.5, 0.6) is 0 Å². The van der Waals surface area contributed by atoms with Gasteiger partial charge in [0.25, 0.3) is 5.91 Å². The molecule has 3 amide bonds. The number of likely N-dealkylation sites (tertiary alicyclic amines) is 1. The Bertz CT molecular complexity index is 997. The zero-order chi connectivity index (χ0) is 27.8. The molecule has 9 heteroatoms. The molecule has 0 bridgehead atoms. The largest absolute Gasteiger partial charge is 0.460 e. The summed E-state index contributed by atoms with van der Waals surface area (Å²) in [5.74, 6) is -1.61. The van der Waals surface area contributed by atoms with Crippen LogP contribution in [-0.2, 0) is 28.7 Å². The molecule has 208 valence electrons. The normalized spacial score (nSPS) is 22.8. The molecule has 1 aromatic rings. The fraction of sp³-hybridized carbons (Fsp3) is 0.586. The first-order valence-corrected chi connectivity index (χ1v) is 13.6. The molecule has 0 aromatic heterocycles. The van der Waals surface area contributed by atoms with E-state index in [4.69, 9.17) is 9.47 Å². The SMILES string of the molecule is C=CCOC(=O)[C@@H](NC(=O)[C@H](CC(C)C)NC(=O)[C@@H]1CCCN1C(=O)[C@@H]1O[C@H]1c1ccccc1)[C@@H](C)CC. The second kappa shape index (κ2) is 13.6. The van der Waals surface area contributed by atoms with E-state index < -0.39 is 36.1 Å². The highest BCUT2D eigenvalue weighted by atomic mass is 16.6. The number of nitrogens with one attached hydrogen (secondary N) is 2. The van der Waals surface area contributed by atoms with Crippen LogP contribution in [0.25, 0.3) is 0 Å². The van der Waals surface area contributed by atoms with E-state index in [0.717, 1.165) is 5.56 Å². The number of nitrogens with zero attached hydrogens (tertiary/aromatic N) is 1. The molecule has 2 aliphatic heterocycles. The maximum Gasteiger partial charge on any atom is 0.329 e. The van der Waals surface area contributed by atoms with Gasteiger partial charge in [-0.2, -0.15) is 0 Å². The van der Waals surface area contributed by atoms with Crippen molar-refractivity contribution in [3.05, 3.63) is 48.6 Å². The first-order valence-electron chi connectivity index (χ1n) is 13.6. The molecule has 0 unspecified atom stereocenters. The van der Waals surface area contributed by atoms with E-state index in [1.165, 1.54) is 6.08 Å². The summed E-state index contributed by atoms with van der Waals surface area (Å²) in [6, 6.07) is 7.17. The van der Waals surface area contributed by atoms with Crippen LogP contribution in [0.1, 0.15) is 65.0 Å². The van der Waals surface area contributed by atoms with Crippen molar-refractivity contribution in [2.24, 2.45) is 11.8 Å². The summed E-state index contributed by atoms with van der Waals surface area (Å²) < 4.78 is 10.9. The molecule has 2 fully saturated rings. The second-order valence-corrected chi connectivity index (χ2v) is 10.6. The van der Waals surface area contributed by atoms with Crippen LogP contribution in [0.15, 0.2) is 43.0 Å². The van der Waals surface area contributed by atoms with Crippen LogP contribution in [0.2, 0.25) is 0 Å². The maximum atomic E-state index is 13.4. The molecule has 9 nitrogen and oxygen atoms in total. The molecule has 2 heterocycles. The van der Waals surface area contributed by atoms with E-state index in [2.05, 4.69) is 17.2 Å². The second-order valence-electron chi connectivity index (χ2n) is 10.6. The third-order valence-electron chi connectivity index (χ3n) is 7.15. The first-order chi connectivity index (χ1) is 18.2. The fourth-order valence-electron chi connectivity index (χ4n) is 4.79. The highest BCUT2D eigenvalue weighted by Crippen LogP contribution is 2.40. The lowest BCUT2D eigenvalue weighted by molar-refractivity contribution is -0.148. The third-order valence-corrected chi connectivity index (χ3v) is 7.15. The lowest BCUT2D eigenvalue weighted by Gasteiger charge is -2.29. The number of amides is 3. The van der Waals surface area contributed by atoms with Crippen LogP contribution < -0.4 is 10.6 Å². The summed E-state index contributed by atoms with van der Waals surface area (Å²) in [4.78, 5) is 54.1. The predicted molar refractivity (Wildman–Crippen MR) is 143 cm³/mol. The van der Waals surface area contributed by atoms with Gasteiger partial charge in [-0.1, -0.05) is 77.1 Å². The van der Waals surface area contributed by atoms with Crippen molar-refractivity contribution in [2.45, 2.75) is 83.7 Å². The molecule has 1 aromatic carbocycles. The first kappa shape index (κ1) is 29.4. The van der Waals surface area contributed by atoms with Gasteiger partial charge in [0, 0.05) is 6.54 Å². The Morgan fingerprint density at radius 2 is 1.87 bits per heavy atom. The Balaban J connectivity index is 1.66. The quantitative estimate of drug-likeness (QED) is 0.231. The van der Waals surface area contributed by atoms with Crippen LogP contribution in [0, 0.1) is 11.8 Å². The Labute approximate surface area is 225 Å². The van der Waals surface area contributed by atoms with Gasteiger partial charge in [-0.15, -0.1) is 0 Å². The molecular weight excluding hydrogens is 486 g/mol. The maximum absolute atomic E-state index is 13.4. The Morgan fingerprint density at radius 1 is 1.16 bits per heavy atom. The average Bonchev–Trinajstić information content (AvgIpc) is 3.56. The zero-order valence-corrected chi connectivity index (χ0v) is 22.9. The van der Waals surface area contributed by atoms with Gasteiger partial charge in [0.05, 0.1) is 0 Å². The molecule has 0 spiro atoms. The van der Waals surface area contributed by atoms with Crippen molar-refractivity contribution in [3.63, 3.8) is 0 Å². The minimum atomic E-state index is -0.854. The van der Waals surface area contributed by atoms with E-state index in [1.807, 2.05) is 58.0 Å². The van der Waals surface area contributed by atoms with Crippen LogP contribution in [0.4, 0.5) is 0 Å². The zero-order valence-electron chi connectivity index (χ0n) is 22.9. The summed E-state index contributed by atoms with van der Waals surface area (Å²) in [5.41, 5.74) is 0.933. The highest BCUT2D eigenvalue weighted by Gasteiger charge is 2.50. The van der Waals surface area contributed by atoms with Gasteiger partial charge in [0.15, 0.2) is 6.10 Å². The van der Waals surface area contributed by atoms with E-state index >= 15 is 0 Å². The third kappa shape index (κ3) is 7.43. The number of carbonyl (C=O) groups is 4. The smallest absolute Gasteiger partial charge is 0.329 e. The number of carbonyl (C=O) groups excluding carboxylic acids is 4. The van der Waals surface area contributed by atoms with E-state index in [-0.39, 0.29) is 36.4 Å². The van der Waals surface area contributed by atoms with E-state index in [1.54, 1.807) is 4.90 Å². The van der Waals surface area contributed by atoms with Gasteiger partial charge in [0.1, 0.15) is 30.8 Å². The number of epoxide rings is 1. The van der Waals surface area contributed by atoms with Crippen LogP contribution in [0.3, 0.4) is 0 Å². The van der Waals surface area contributed by atoms with Gasteiger partial charge in [-0.25, -0.2) is 4.79 Å². The molecule has 0 aliphatic carbocycles. The molecule has 0 saturated carbocycles. The Morgan fingerprint density at radius 3 is 2.50 bits per heavy atom. The van der Waals surface area contributed by atoms with Crippen molar-refractivity contribution in [3.8, 4) is 0 Å². The lowest BCUT2D eigenvalue weighted by Crippen LogP contribution is -2.57. The molecule has 3 rings (SSSR count). The van der Waals surface area contributed by atoms with Gasteiger partial charge in [-0.3, -0.25) is 14.4 Å². The lowest BCUT2D eigenvalue weighted by atomic mass is 9.97. The summed E-state index contributed by atoms with van der Waals surface area (Å²) in [6.07, 6.45) is 2.82. The monoisotopic (exact) mass is 527 g/mol. The average molecular weight is 528 g/mol. The van der Waals surface area contributed by atoms with E-state index in [0.29, 0.717) is 32.2 Å². The molecule has 2 N–H and O–H groups in total. The summed E-state index contributed by atoms with van der Waals surface area (Å²) in [7, 11) is 0. The van der Waals surface area contributed by atoms with Gasteiger partial charge in [-0.05, 0) is 36.7 Å². The van der Waals surface area contributed by atoms with Crippen molar-refractivity contribution in [1.29, 1.82) is 0 Å². The van der Waals surface area contributed by atoms with Gasteiger partial charge >= 0.3 is 5.97 Å². The summed E-state index contributed by atoms with van der Waals surface area (Å²) in [6.45, 7) is 11.8. The van der Waals surface area contributed by atoms with Crippen molar-refractivity contribution in [1.82, 2.24) is 15.5 Å². The van der Waals surface area contributed by atoms with Gasteiger partial charge in [0.2, 0.25) is 11.8 Å². The van der Waals surface area contributed by atoms with Crippen molar-refractivity contribution < 1.29 is 28.7 Å². The molecule has 38 heavy (non-hydrogen) atoms. The molecule has 2 saturated heterocycles. The minimum Gasteiger partial charge on any atom is -0.460 e. The Kier molecular flexibility index (Phi) is 10.5. The summed E-state index contributed by atoms with van der Waals surface area (Å²) in [5, 5.41) is 5.67. The number of rotatable bonds is 13. The highest BCUT2D eigenvalue weighted by molar-refractivity contribution is 5.95. The Hall–Kier alpha value is -3.20. The van der Waals surface area contributed by atoms with Gasteiger partial charge < -0.3 is 25.0 Å². The molecule has 2 aliphatic rings.